The maximum atomic E-state index is 11.4. The second-order valence-electron chi connectivity index (χ2n) is 4.54. The van der Waals surface area contributed by atoms with Crippen molar-refractivity contribution in [2.45, 2.75) is 10.1 Å². The highest BCUT2D eigenvalue weighted by atomic mass is 32.2. The minimum atomic E-state index is -0.0152. The number of fused-ring (bicyclic) bond motifs is 1. The highest BCUT2D eigenvalue weighted by Crippen LogP contribution is 2.48. The fourth-order valence-corrected chi connectivity index (χ4v) is 3.63. The standard InChI is InChI=1S/C17H14O2S/c1-19-15-8-4-3-7-14(15)17-13(11-18)10-12-6-2-5-9-16(12)20-17/h2-11,17H,1H3/t17-/m0/s1. The van der Waals surface area contributed by atoms with E-state index < -0.39 is 0 Å². The van der Waals surface area contributed by atoms with Gasteiger partial charge in [-0.1, -0.05) is 36.4 Å². The molecule has 3 rings (SSSR count). The summed E-state index contributed by atoms with van der Waals surface area (Å²) in [5.41, 5.74) is 2.91. The van der Waals surface area contributed by atoms with E-state index in [-0.39, 0.29) is 5.25 Å². The van der Waals surface area contributed by atoms with Gasteiger partial charge in [0.15, 0.2) is 0 Å². The minimum Gasteiger partial charge on any atom is -0.496 e. The van der Waals surface area contributed by atoms with Crippen LogP contribution in [0, 0.1) is 0 Å². The number of carbonyl (C=O) groups is 1. The van der Waals surface area contributed by atoms with E-state index >= 15 is 0 Å². The topological polar surface area (TPSA) is 26.3 Å². The fourth-order valence-electron chi connectivity index (χ4n) is 2.38. The molecule has 2 aromatic rings. The largest absolute Gasteiger partial charge is 0.496 e. The Morgan fingerprint density at radius 1 is 1.10 bits per heavy atom. The highest BCUT2D eigenvalue weighted by Gasteiger charge is 2.25. The van der Waals surface area contributed by atoms with E-state index in [1.54, 1.807) is 18.9 Å². The molecule has 0 spiro atoms. The molecule has 2 nitrogen and oxygen atoms in total. The number of ether oxygens (including phenoxy) is 1. The van der Waals surface area contributed by atoms with Crippen molar-refractivity contribution in [1.29, 1.82) is 0 Å². The van der Waals surface area contributed by atoms with Crippen molar-refractivity contribution in [3.8, 4) is 5.75 Å². The molecule has 0 aliphatic carbocycles. The lowest BCUT2D eigenvalue weighted by Crippen LogP contribution is -2.06. The van der Waals surface area contributed by atoms with Crippen LogP contribution in [-0.2, 0) is 4.79 Å². The predicted molar refractivity (Wildman–Crippen MR) is 82.1 cm³/mol. The van der Waals surface area contributed by atoms with Gasteiger partial charge in [-0.2, -0.15) is 0 Å². The summed E-state index contributed by atoms with van der Waals surface area (Å²) >= 11 is 1.69. The van der Waals surface area contributed by atoms with Crippen LogP contribution in [0.3, 0.4) is 0 Å². The van der Waals surface area contributed by atoms with Gasteiger partial charge in [0.2, 0.25) is 0 Å². The number of hydrogen-bond acceptors (Lipinski definition) is 3. The number of rotatable bonds is 3. The van der Waals surface area contributed by atoms with Crippen LogP contribution < -0.4 is 4.74 Å². The van der Waals surface area contributed by atoms with Crippen molar-refractivity contribution < 1.29 is 9.53 Å². The quantitative estimate of drug-likeness (QED) is 0.792. The Morgan fingerprint density at radius 3 is 2.65 bits per heavy atom. The Balaban J connectivity index is 2.09. The lowest BCUT2D eigenvalue weighted by molar-refractivity contribution is -0.104. The summed E-state index contributed by atoms with van der Waals surface area (Å²) in [5.74, 6) is 0.817. The molecule has 2 aromatic carbocycles. The second kappa shape index (κ2) is 5.55. The number of carbonyl (C=O) groups excluding carboxylic acids is 1. The third kappa shape index (κ3) is 2.25. The highest BCUT2D eigenvalue weighted by molar-refractivity contribution is 8.00. The molecular weight excluding hydrogens is 268 g/mol. The van der Waals surface area contributed by atoms with Crippen LogP contribution in [0.2, 0.25) is 0 Å². The average Bonchev–Trinajstić information content (AvgIpc) is 2.53. The number of benzene rings is 2. The van der Waals surface area contributed by atoms with Gasteiger partial charge in [-0.3, -0.25) is 4.79 Å². The summed E-state index contributed by atoms with van der Waals surface area (Å²) in [5, 5.41) is -0.0152. The van der Waals surface area contributed by atoms with Crippen molar-refractivity contribution in [1.82, 2.24) is 0 Å². The number of methoxy groups -OCH3 is 1. The molecule has 0 saturated carbocycles. The third-order valence-corrected chi connectivity index (χ3v) is 4.73. The van der Waals surface area contributed by atoms with Gasteiger partial charge >= 0.3 is 0 Å². The van der Waals surface area contributed by atoms with Gasteiger partial charge in [-0.25, -0.2) is 0 Å². The Morgan fingerprint density at radius 2 is 1.85 bits per heavy atom. The molecule has 0 unspecified atom stereocenters. The first kappa shape index (κ1) is 13.0. The number of aldehydes is 1. The van der Waals surface area contributed by atoms with Crippen molar-refractivity contribution in [3.63, 3.8) is 0 Å². The Labute approximate surface area is 122 Å². The molecule has 0 radical (unpaired) electrons. The van der Waals surface area contributed by atoms with Crippen LogP contribution in [-0.4, -0.2) is 13.4 Å². The lowest BCUT2D eigenvalue weighted by Gasteiger charge is -2.24. The normalized spacial score (nSPS) is 17.1. The number of thioether (sulfide) groups is 1. The fraction of sp³-hybridized carbons (Fsp3) is 0.118. The van der Waals surface area contributed by atoms with Crippen molar-refractivity contribution in [2.24, 2.45) is 0 Å². The van der Waals surface area contributed by atoms with Crippen LogP contribution in [0.5, 0.6) is 5.75 Å². The molecule has 0 saturated heterocycles. The minimum absolute atomic E-state index is 0.0152. The van der Waals surface area contributed by atoms with Crippen LogP contribution in [0.25, 0.3) is 6.08 Å². The summed E-state index contributed by atoms with van der Waals surface area (Å²) in [4.78, 5) is 12.6. The monoisotopic (exact) mass is 282 g/mol. The average molecular weight is 282 g/mol. The molecule has 1 aliphatic rings. The molecule has 1 atom stereocenters. The van der Waals surface area contributed by atoms with Gasteiger partial charge in [0.05, 0.1) is 12.4 Å². The summed E-state index contributed by atoms with van der Waals surface area (Å²) in [6.07, 6.45) is 2.91. The molecule has 0 fully saturated rings. The summed E-state index contributed by atoms with van der Waals surface area (Å²) in [7, 11) is 1.66. The predicted octanol–water partition coefficient (Wildman–Crippen LogP) is 4.12. The van der Waals surface area contributed by atoms with Crippen LogP contribution in [0.4, 0.5) is 0 Å². The molecule has 1 aliphatic heterocycles. The molecule has 0 bridgehead atoms. The van der Waals surface area contributed by atoms with Crippen molar-refractivity contribution in [2.75, 3.05) is 7.11 Å². The van der Waals surface area contributed by atoms with E-state index in [9.17, 15) is 4.79 Å². The van der Waals surface area contributed by atoms with E-state index in [2.05, 4.69) is 6.07 Å². The maximum absolute atomic E-state index is 11.4. The number of hydrogen-bond donors (Lipinski definition) is 0. The molecule has 3 heteroatoms. The van der Waals surface area contributed by atoms with Crippen molar-refractivity contribution in [3.05, 3.63) is 65.2 Å². The maximum Gasteiger partial charge on any atom is 0.147 e. The lowest BCUT2D eigenvalue weighted by atomic mass is 10.0. The van der Waals surface area contributed by atoms with Gasteiger partial charge in [-0.05, 0) is 23.8 Å². The van der Waals surface area contributed by atoms with E-state index in [4.69, 9.17) is 4.74 Å². The van der Waals surface area contributed by atoms with Gasteiger partial charge in [0.1, 0.15) is 12.0 Å². The SMILES string of the molecule is COc1ccccc1[C@H]1Sc2ccccc2C=C1C=O. The molecular formula is C17H14O2S. The number of para-hydroxylation sites is 1. The Hall–Kier alpha value is -2.00. The Bertz CT molecular complexity index is 676. The molecule has 0 N–H and O–H groups in total. The summed E-state index contributed by atoms with van der Waals surface area (Å²) in [6.45, 7) is 0. The first-order valence-electron chi connectivity index (χ1n) is 6.39. The van der Waals surface area contributed by atoms with Crippen molar-refractivity contribution >= 4 is 24.1 Å². The summed E-state index contributed by atoms with van der Waals surface area (Å²) in [6, 6.07) is 16.0. The van der Waals surface area contributed by atoms with Gasteiger partial charge < -0.3 is 4.74 Å². The smallest absolute Gasteiger partial charge is 0.147 e. The van der Waals surface area contributed by atoms with E-state index in [1.165, 1.54) is 4.90 Å². The molecule has 100 valence electrons. The second-order valence-corrected chi connectivity index (χ2v) is 5.69. The van der Waals surface area contributed by atoms with E-state index in [0.29, 0.717) is 0 Å². The first-order valence-corrected chi connectivity index (χ1v) is 7.27. The van der Waals surface area contributed by atoms with Crippen LogP contribution >= 0.6 is 11.8 Å². The molecule has 1 heterocycles. The zero-order chi connectivity index (χ0) is 13.9. The molecule has 0 aromatic heterocycles. The zero-order valence-corrected chi connectivity index (χ0v) is 11.9. The van der Waals surface area contributed by atoms with Gasteiger partial charge in [0.25, 0.3) is 0 Å². The molecule has 0 amide bonds. The summed E-state index contributed by atoms with van der Waals surface area (Å²) < 4.78 is 5.42. The first-order chi connectivity index (χ1) is 9.83. The van der Waals surface area contributed by atoms with Gasteiger partial charge in [0, 0.05) is 16.0 Å². The molecule has 20 heavy (non-hydrogen) atoms. The van der Waals surface area contributed by atoms with Crippen LogP contribution in [0.15, 0.2) is 59.0 Å². The van der Waals surface area contributed by atoms with Crippen LogP contribution in [0.1, 0.15) is 16.4 Å². The van der Waals surface area contributed by atoms with E-state index in [1.807, 2.05) is 48.5 Å². The van der Waals surface area contributed by atoms with Gasteiger partial charge in [-0.15, -0.1) is 11.8 Å². The third-order valence-electron chi connectivity index (χ3n) is 3.35. The Kier molecular flexibility index (Phi) is 3.61. The van der Waals surface area contributed by atoms with E-state index in [0.717, 1.165) is 28.7 Å². The zero-order valence-electron chi connectivity index (χ0n) is 11.1.